The molecule has 2 bridgehead atoms. The SMILES string of the molecule is Cc1cc(C(=O)C2CC3CCC(C2)S3(=O)=O)c(F)cc1F. The maximum atomic E-state index is 13.8. The molecule has 0 aliphatic carbocycles. The molecule has 0 N–H and O–H groups in total. The highest BCUT2D eigenvalue weighted by molar-refractivity contribution is 7.93. The Balaban J connectivity index is 1.90. The summed E-state index contributed by atoms with van der Waals surface area (Å²) in [7, 11) is -3.11. The number of halogens is 2. The van der Waals surface area contributed by atoms with Gasteiger partial charge in [-0.3, -0.25) is 4.79 Å². The van der Waals surface area contributed by atoms with E-state index in [1.807, 2.05) is 0 Å². The number of hydrogen-bond donors (Lipinski definition) is 0. The van der Waals surface area contributed by atoms with E-state index < -0.39 is 43.7 Å². The molecule has 0 amide bonds. The first-order valence-corrected chi connectivity index (χ1v) is 8.64. The van der Waals surface area contributed by atoms with Crippen LogP contribution in [0.25, 0.3) is 0 Å². The average molecular weight is 314 g/mol. The third-order valence-electron chi connectivity index (χ3n) is 4.72. The first kappa shape index (κ1) is 14.6. The number of ketones is 1. The number of fused-ring (bicyclic) bond motifs is 2. The van der Waals surface area contributed by atoms with Crippen molar-refractivity contribution in [2.24, 2.45) is 5.92 Å². The van der Waals surface area contributed by atoms with Crippen LogP contribution in [0, 0.1) is 24.5 Å². The van der Waals surface area contributed by atoms with Crippen LogP contribution in [0.1, 0.15) is 41.6 Å². The topological polar surface area (TPSA) is 51.2 Å². The molecule has 0 saturated carbocycles. The molecule has 2 aliphatic heterocycles. The van der Waals surface area contributed by atoms with Crippen LogP contribution in [0.5, 0.6) is 0 Å². The molecule has 1 aromatic rings. The van der Waals surface area contributed by atoms with Gasteiger partial charge in [-0.2, -0.15) is 0 Å². The van der Waals surface area contributed by atoms with Gasteiger partial charge in [-0.25, -0.2) is 17.2 Å². The van der Waals surface area contributed by atoms with Gasteiger partial charge in [0.1, 0.15) is 11.6 Å². The average Bonchev–Trinajstić information content (AvgIpc) is 2.62. The Morgan fingerprint density at radius 3 is 2.24 bits per heavy atom. The molecular weight excluding hydrogens is 298 g/mol. The van der Waals surface area contributed by atoms with E-state index in [0.29, 0.717) is 12.8 Å². The van der Waals surface area contributed by atoms with Crippen LogP contribution >= 0.6 is 0 Å². The summed E-state index contributed by atoms with van der Waals surface area (Å²) < 4.78 is 51.1. The van der Waals surface area contributed by atoms with Crippen LogP contribution in [0.15, 0.2) is 12.1 Å². The second kappa shape index (κ2) is 4.87. The summed E-state index contributed by atoms with van der Waals surface area (Å²) >= 11 is 0. The molecule has 3 nitrogen and oxygen atoms in total. The van der Waals surface area contributed by atoms with E-state index in [9.17, 15) is 22.0 Å². The fourth-order valence-electron chi connectivity index (χ4n) is 3.49. The molecule has 21 heavy (non-hydrogen) atoms. The molecule has 1 aromatic carbocycles. The van der Waals surface area contributed by atoms with Gasteiger partial charge >= 0.3 is 0 Å². The van der Waals surface area contributed by atoms with E-state index in [1.165, 1.54) is 13.0 Å². The second-order valence-corrected chi connectivity index (χ2v) is 8.54. The summed E-state index contributed by atoms with van der Waals surface area (Å²) in [6, 6.07) is 1.94. The molecule has 2 aliphatic rings. The number of aryl methyl sites for hydroxylation is 1. The van der Waals surface area contributed by atoms with Crippen LogP contribution < -0.4 is 0 Å². The first-order chi connectivity index (χ1) is 9.80. The number of carbonyl (C=O) groups excluding carboxylic acids is 1. The monoisotopic (exact) mass is 314 g/mol. The molecule has 114 valence electrons. The molecular formula is C15H16F2O3S. The maximum Gasteiger partial charge on any atom is 0.168 e. The minimum absolute atomic E-state index is 0.127. The van der Waals surface area contributed by atoms with Crippen LogP contribution in [-0.4, -0.2) is 24.7 Å². The van der Waals surface area contributed by atoms with Crippen LogP contribution in [0.4, 0.5) is 8.78 Å². The number of carbonyl (C=O) groups is 1. The zero-order valence-corrected chi connectivity index (χ0v) is 12.4. The summed E-state index contributed by atoms with van der Waals surface area (Å²) in [6.07, 6.45) is 1.68. The highest BCUT2D eigenvalue weighted by atomic mass is 32.2. The summed E-state index contributed by atoms with van der Waals surface area (Å²) in [5, 5.41) is -0.954. The van der Waals surface area contributed by atoms with Crippen molar-refractivity contribution >= 4 is 15.6 Å². The molecule has 3 rings (SSSR count). The number of Topliss-reactive ketones (excluding diaryl/α,β-unsaturated/α-hetero) is 1. The Morgan fingerprint density at radius 2 is 1.67 bits per heavy atom. The fraction of sp³-hybridized carbons (Fsp3) is 0.533. The van der Waals surface area contributed by atoms with E-state index in [2.05, 4.69) is 0 Å². The van der Waals surface area contributed by atoms with Crippen molar-refractivity contribution in [1.29, 1.82) is 0 Å². The number of rotatable bonds is 2. The van der Waals surface area contributed by atoms with Gasteiger partial charge in [0.15, 0.2) is 15.6 Å². The van der Waals surface area contributed by atoms with Crippen molar-refractivity contribution in [2.75, 3.05) is 0 Å². The molecule has 2 unspecified atom stereocenters. The molecule has 0 aromatic heterocycles. The summed E-state index contributed by atoms with van der Waals surface area (Å²) in [5.74, 6) is -2.44. The fourth-order valence-corrected chi connectivity index (χ4v) is 5.96. The second-order valence-electron chi connectivity index (χ2n) is 6.02. The molecule has 2 atom stereocenters. The summed E-state index contributed by atoms with van der Waals surface area (Å²) in [6.45, 7) is 1.47. The van der Waals surface area contributed by atoms with Crippen molar-refractivity contribution in [3.63, 3.8) is 0 Å². The number of hydrogen-bond acceptors (Lipinski definition) is 3. The van der Waals surface area contributed by atoms with Gasteiger partial charge < -0.3 is 0 Å². The minimum Gasteiger partial charge on any atom is -0.294 e. The van der Waals surface area contributed by atoms with Gasteiger partial charge in [-0.05, 0) is 44.2 Å². The van der Waals surface area contributed by atoms with E-state index in [0.717, 1.165) is 6.07 Å². The quantitative estimate of drug-likeness (QED) is 0.789. The summed E-state index contributed by atoms with van der Waals surface area (Å²) in [5.41, 5.74) is 0.0868. The highest BCUT2D eigenvalue weighted by Gasteiger charge is 2.48. The molecule has 0 spiro atoms. The van der Waals surface area contributed by atoms with Crippen molar-refractivity contribution in [1.82, 2.24) is 0 Å². The van der Waals surface area contributed by atoms with Crippen molar-refractivity contribution in [3.8, 4) is 0 Å². The number of benzene rings is 1. The molecule has 6 heteroatoms. The Kier molecular flexibility index (Phi) is 3.39. The van der Waals surface area contributed by atoms with Gasteiger partial charge in [-0.1, -0.05) is 0 Å². The Labute approximate surface area is 122 Å². The Bertz CT molecular complexity index is 692. The van der Waals surface area contributed by atoms with Gasteiger partial charge in [0, 0.05) is 12.0 Å². The molecule has 0 radical (unpaired) electrons. The van der Waals surface area contributed by atoms with Gasteiger partial charge in [0.25, 0.3) is 0 Å². The lowest BCUT2D eigenvalue weighted by atomic mass is 9.89. The van der Waals surface area contributed by atoms with E-state index >= 15 is 0 Å². The van der Waals surface area contributed by atoms with Crippen molar-refractivity contribution in [3.05, 3.63) is 34.9 Å². The van der Waals surface area contributed by atoms with Crippen LogP contribution in [-0.2, 0) is 9.84 Å². The smallest absolute Gasteiger partial charge is 0.168 e. The lowest BCUT2D eigenvalue weighted by molar-refractivity contribution is 0.0901. The molecule has 2 fully saturated rings. The third kappa shape index (κ3) is 2.29. The van der Waals surface area contributed by atoms with E-state index in [1.54, 1.807) is 0 Å². The predicted molar refractivity (Wildman–Crippen MR) is 73.9 cm³/mol. The van der Waals surface area contributed by atoms with Gasteiger partial charge in [0.05, 0.1) is 16.1 Å². The minimum atomic E-state index is -3.11. The predicted octanol–water partition coefficient (Wildman–Crippen LogP) is 2.81. The number of sulfone groups is 1. The zero-order chi connectivity index (χ0) is 15.4. The molecule has 2 heterocycles. The third-order valence-corrected chi connectivity index (χ3v) is 7.43. The Morgan fingerprint density at radius 1 is 1.10 bits per heavy atom. The highest BCUT2D eigenvalue weighted by Crippen LogP contribution is 2.42. The maximum absolute atomic E-state index is 13.8. The van der Waals surface area contributed by atoms with Crippen molar-refractivity contribution < 1.29 is 22.0 Å². The van der Waals surface area contributed by atoms with Gasteiger partial charge in [0.2, 0.25) is 0 Å². The first-order valence-electron chi connectivity index (χ1n) is 7.03. The zero-order valence-electron chi connectivity index (χ0n) is 11.6. The normalized spacial score (nSPS) is 30.3. The van der Waals surface area contributed by atoms with Gasteiger partial charge in [-0.15, -0.1) is 0 Å². The Hall–Kier alpha value is -1.30. The largest absolute Gasteiger partial charge is 0.294 e. The van der Waals surface area contributed by atoms with E-state index in [4.69, 9.17) is 0 Å². The van der Waals surface area contributed by atoms with E-state index in [-0.39, 0.29) is 24.0 Å². The van der Waals surface area contributed by atoms with Crippen LogP contribution in [0.2, 0.25) is 0 Å². The summed E-state index contributed by atoms with van der Waals surface area (Å²) in [4.78, 5) is 12.5. The lowest BCUT2D eigenvalue weighted by Crippen LogP contribution is -2.36. The van der Waals surface area contributed by atoms with Crippen molar-refractivity contribution in [2.45, 2.75) is 43.1 Å². The lowest BCUT2D eigenvalue weighted by Gasteiger charge is -2.27. The standard InChI is InChI=1S/C15H16F2O3S/c1-8-4-12(14(17)7-13(8)16)15(18)9-5-10-2-3-11(6-9)21(10,19)20/h4,7,9-11H,2-3,5-6H2,1H3. The molecule has 2 saturated heterocycles. The van der Waals surface area contributed by atoms with Crippen LogP contribution in [0.3, 0.4) is 0 Å².